The molecule has 4 rings (SSSR count). The van der Waals surface area contributed by atoms with Crippen LogP contribution in [0.2, 0.25) is 0 Å². The summed E-state index contributed by atoms with van der Waals surface area (Å²) in [5, 5.41) is 20.9. The second-order valence-electron chi connectivity index (χ2n) is 12.3. The van der Waals surface area contributed by atoms with Gasteiger partial charge in [-0.3, -0.25) is 0 Å². The molecule has 0 saturated carbocycles. The third-order valence-electron chi connectivity index (χ3n) is 9.00. The van der Waals surface area contributed by atoms with Gasteiger partial charge in [0.05, 0.1) is 11.3 Å². The van der Waals surface area contributed by atoms with E-state index in [0.29, 0.717) is 34.4 Å². The molecule has 6 N–H and O–H groups in total. The number of rotatable bonds is 19. The lowest BCUT2D eigenvalue weighted by Crippen LogP contribution is -2.26. The molecule has 270 valence electrons. The number of ether oxygens (including phenoxy) is 1. The Balaban J connectivity index is 1.52. The highest BCUT2D eigenvalue weighted by Gasteiger charge is 2.29. The summed E-state index contributed by atoms with van der Waals surface area (Å²) in [7, 11) is 0. The van der Waals surface area contributed by atoms with Crippen molar-refractivity contribution in [2.45, 2.75) is 53.4 Å². The number of aliphatic imine (C=N–C) groups is 1. The largest absolute Gasteiger partial charge is 0.478 e. The molecule has 11 heteroatoms. The minimum atomic E-state index is -1.03. The first-order valence-corrected chi connectivity index (χ1v) is 18.6. The zero-order valence-corrected chi connectivity index (χ0v) is 31.0. The molecule has 0 atom stereocenters. The highest BCUT2D eigenvalue weighted by atomic mass is 32.1. The summed E-state index contributed by atoms with van der Waals surface area (Å²) >= 11 is 5.50. The third kappa shape index (κ3) is 10.3. The number of carboxylic acid groups (broad SMARTS) is 1. The summed E-state index contributed by atoms with van der Waals surface area (Å²) in [6, 6.07) is 12.4. The van der Waals surface area contributed by atoms with Gasteiger partial charge in [0.1, 0.15) is 11.5 Å². The number of nitrogens with two attached hydrogens (primary N) is 1. The van der Waals surface area contributed by atoms with Gasteiger partial charge >= 0.3 is 5.97 Å². The Labute approximate surface area is 303 Å². The molecule has 0 radical (unpaired) electrons. The number of aliphatic carboxylic acids is 1. The molecule has 0 amide bonds. The number of unbranched alkanes of at least 4 members (excludes halogenated alkanes) is 1. The Kier molecular flexibility index (Phi) is 15.5. The highest BCUT2D eigenvalue weighted by Crippen LogP contribution is 2.49. The van der Waals surface area contributed by atoms with E-state index >= 15 is 0 Å². The lowest BCUT2D eigenvalue weighted by molar-refractivity contribution is -0.132. The molecular formula is C39H55N7O3S. The molecule has 1 aliphatic carbocycles. The minimum absolute atomic E-state index is 0.155. The zero-order valence-electron chi connectivity index (χ0n) is 30.2. The van der Waals surface area contributed by atoms with Crippen LogP contribution in [0.4, 0.5) is 11.4 Å². The quantitative estimate of drug-likeness (QED) is 0.0764. The van der Waals surface area contributed by atoms with Gasteiger partial charge in [-0.1, -0.05) is 6.08 Å². The molecule has 0 fully saturated rings. The fourth-order valence-corrected chi connectivity index (χ4v) is 6.48. The zero-order chi connectivity index (χ0) is 35.9. The van der Waals surface area contributed by atoms with Gasteiger partial charge in [0, 0.05) is 72.9 Å². The van der Waals surface area contributed by atoms with Crippen LogP contribution in [0, 0.1) is 0 Å². The van der Waals surface area contributed by atoms with Crippen molar-refractivity contribution in [2.24, 2.45) is 10.7 Å². The summed E-state index contributed by atoms with van der Waals surface area (Å²) < 4.78 is 6.59. The number of thiocarbonyl (C=S) groups is 1. The number of carbonyl (C=O) groups is 1. The Hall–Kier alpha value is -4.03. The van der Waals surface area contributed by atoms with E-state index in [-0.39, 0.29) is 5.57 Å². The Morgan fingerprint density at radius 1 is 0.800 bits per heavy atom. The van der Waals surface area contributed by atoms with Gasteiger partial charge in [0.2, 0.25) is 0 Å². The van der Waals surface area contributed by atoms with Crippen LogP contribution in [-0.4, -0.2) is 87.3 Å². The van der Waals surface area contributed by atoms with Crippen LogP contribution in [0.5, 0.6) is 11.5 Å². The molecule has 1 heterocycles. The summed E-state index contributed by atoms with van der Waals surface area (Å²) in [4.78, 5) is 21.9. The monoisotopic (exact) mass is 701 g/mol. The van der Waals surface area contributed by atoms with Crippen molar-refractivity contribution in [3.63, 3.8) is 0 Å². The van der Waals surface area contributed by atoms with Crippen molar-refractivity contribution in [1.82, 2.24) is 16.0 Å². The molecule has 2 aromatic rings. The fraction of sp³-hybridized carbons (Fsp3) is 0.462. The van der Waals surface area contributed by atoms with Crippen LogP contribution in [-0.2, 0) is 4.79 Å². The van der Waals surface area contributed by atoms with Crippen LogP contribution in [0.1, 0.15) is 64.5 Å². The average molecular weight is 702 g/mol. The second kappa shape index (κ2) is 20.0. The lowest BCUT2D eigenvalue weighted by Gasteiger charge is -2.30. The molecule has 1 aliphatic heterocycles. The fourth-order valence-electron chi connectivity index (χ4n) is 6.27. The van der Waals surface area contributed by atoms with Crippen LogP contribution >= 0.6 is 12.2 Å². The molecule has 50 heavy (non-hydrogen) atoms. The van der Waals surface area contributed by atoms with Crippen molar-refractivity contribution in [2.75, 3.05) is 75.2 Å². The molecule has 2 aromatic carbocycles. The first kappa shape index (κ1) is 38.8. The van der Waals surface area contributed by atoms with Gasteiger partial charge < -0.3 is 41.3 Å². The van der Waals surface area contributed by atoms with E-state index in [1.165, 1.54) is 0 Å². The molecule has 2 aliphatic rings. The maximum absolute atomic E-state index is 12.8. The van der Waals surface area contributed by atoms with Gasteiger partial charge in [-0.25, -0.2) is 9.79 Å². The van der Waals surface area contributed by atoms with Crippen molar-refractivity contribution in [3.05, 3.63) is 76.9 Å². The number of fused-ring (bicyclic) bond motifs is 2. The predicted octanol–water partition coefficient (Wildman–Crippen LogP) is 5.88. The number of carboxylic acids is 1. The van der Waals surface area contributed by atoms with Crippen molar-refractivity contribution in [3.8, 4) is 11.5 Å². The Morgan fingerprint density at radius 3 is 1.86 bits per heavy atom. The SMILES string of the molecule is CCN(CC)c1ccc2c(c1)Oc1cc(N(CC)CC)ccc1C2=C1C=C/C(=N\C(=S)NCCCNCCCCNCCCN)C=C1C(=O)O. The molecule has 10 nitrogen and oxygen atoms in total. The molecule has 0 bridgehead atoms. The maximum Gasteiger partial charge on any atom is 0.336 e. The van der Waals surface area contributed by atoms with Gasteiger partial charge in [-0.2, -0.15) is 0 Å². The first-order chi connectivity index (χ1) is 24.3. The van der Waals surface area contributed by atoms with E-state index in [2.05, 4.69) is 82.7 Å². The molecule has 0 unspecified atom stereocenters. The smallest absolute Gasteiger partial charge is 0.336 e. The number of allylic oxidation sites excluding steroid dienone is 3. The van der Waals surface area contributed by atoms with E-state index < -0.39 is 5.97 Å². The summed E-state index contributed by atoms with van der Waals surface area (Å²) in [5.41, 5.74) is 11.4. The Morgan fingerprint density at radius 2 is 1.34 bits per heavy atom. The number of benzene rings is 2. The van der Waals surface area contributed by atoms with Crippen molar-refractivity contribution in [1.29, 1.82) is 0 Å². The minimum Gasteiger partial charge on any atom is -0.478 e. The summed E-state index contributed by atoms with van der Waals surface area (Å²) in [6.07, 6.45) is 9.45. The molecule has 0 spiro atoms. The van der Waals surface area contributed by atoms with Crippen molar-refractivity contribution >= 4 is 46.0 Å². The highest BCUT2D eigenvalue weighted by molar-refractivity contribution is 7.80. The van der Waals surface area contributed by atoms with Crippen LogP contribution in [0.25, 0.3) is 5.57 Å². The predicted molar refractivity (Wildman–Crippen MR) is 212 cm³/mol. The second-order valence-corrected chi connectivity index (χ2v) is 12.7. The third-order valence-corrected chi connectivity index (χ3v) is 9.24. The van der Waals surface area contributed by atoms with Gasteiger partial charge in [0.15, 0.2) is 5.11 Å². The Bertz CT molecular complexity index is 1530. The van der Waals surface area contributed by atoms with E-state index in [9.17, 15) is 9.90 Å². The topological polar surface area (TPSA) is 127 Å². The van der Waals surface area contributed by atoms with Gasteiger partial charge in [-0.15, -0.1) is 0 Å². The number of nitrogens with one attached hydrogen (secondary N) is 3. The average Bonchev–Trinajstić information content (AvgIpc) is 3.12. The number of hydrogen-bond acceptors (Lipinski definition) is 8. The van der Waals surface area contributed by atoms with Crippen LogP contribution < -0.4 is 36.2 Å². The lowest BCUT2D eigenvalue weighted by atomic mass is 9.84. The van der Waals surface area contributed by atoms with Crippen LogP contribution in [0.15, 0.2) is 70.8 Å². The van der Waals surface area contributed by atoms with Crippen LogP contribution in [0.3, 0.4) is 0 Å². The molecule has 0 saturated heterocycles. The first-order valence-electron chi connectivity index (χ1n) is 18.2. The maximum atomic E-state index is 12.8. The normalized spacial score (nSPS) is 14.2. The van der Waals surface area contributed by atoms with E-state index in [1.54, 1.807) is 6.08 Å². The van der Waals surface area contributed by atoms with Gasteiger partial charge in [-0.05, 0) is 140 Å². The van der Waals surface area contributed by atoms with E-state index in [1.807, 2.05) is 24.3 Å². The summed E-state index contributed by atoms with van der Waals surface area (Å²) in [6.45, 7) is 17.3. The van der Waals surface area contributed by atoms with Gasteiger partial charge in [0.25, 0.3) is 0 Å². The van der Waals surface area contributed by atoms with Crippen molar-refractivity contribution < 1.29 is 14.6 Å². The number of hydrogen-bond donors (Lipinski definition) is 5. The molecule has 0 aromatic heterocycles. The number of anilines is 2. The number of nitrogens with zero attached hydrogens (tertiary/aromatic N) is 3. The molecular weight excluding hydrogens is 647 g/mol. The standard InChI is InChI=1S/C39H55N7O3S/c1-5-45(6-2)29-14-17-32-35(26-29)49-36-27-30(46(7-3)8-4)15-18-33(36)37(32)31-16-13-28(25-34(31)38(47)48)44-39(50)43-24-12-23-42-21-10-9-20-41-22-11-19-40/h13-18,25-27,41-42H,5-12,19-24,40H2,1-4H3,(H,43,50)(H,47,48)/b44-28+. The van der Waals surface area contributed by atoms with E-state index in [0.717, 1.165) is 113 Å². The summed E-state index contributed by atoms with van der Waals surface area (Å²) in [5.74, 6) is 0.373. The van der Waals surface area contributed by atoms with E-state index in [4.69, 9.17) is 22.7 Å².